The van der Waals surface area contributed by atoms with Crippen molar-refractivity contribution in [1.82, 2.24) is 15.5 Å². The first kappa shape index (κ1) is 12.5. The molecule has 1 aliphatic rings. The Morgan fingerprint density at radius 2 is 2.40 bits per heavy atom. The fraction of sp³-hybridized carbons (Fsp3) is 0.308. The molecule has 0 radical (unpaired) electrons. The summed E-state index contributed by atoms with van der Waals surface area (Å²) in [6.07, 6.45) is 0. The number of hydrogen-bond acceptors (Lipinski definition) is 6. The Hall–Kier alpha value is -2.57. The van der Waals surface area contributed by atoms with Gasteiger partial charge in [0, 0.05) is 13.5 Å². The summed E-state index contributed by atoms with van der Waals surface area (Å²) in [4.78, 5) is 16.2. The minimum absolute atomic E-state index is 0.216. The summed E-state index contributed by atoms with van der Waals surface area (Å²) in [7, 11) is 0. The van der Waals surface area contributed by atoms with Gasteiger partial charge in [0.1, 0.15) is 6.61 Å². The van der Waals surface area contributed by atoms with Crippen molar-refractivity contribution in [2.45, 2.75) is 13.5 Å². The van der Waals surface area contributed by atoms with Gasteiger partial charge in [-0.2, -0.15) is 4.98 Å². The van der Waals surface area contributed by atoms with E-state index < -0.39 is 0 Å². The Morgan fingerprint density at radius 1 is 1.50 bits per heavy atom. The maximum Gasteiger partial charge on any atom is 0.255 e. The van der Waals surface area contributed by atoms with Gasteiger partial charge in [0.05, 0.1) is 17.8 Å². The van der Waals surface area contributed by atoms with Gasteiger partial charge in [0.2, 0.25) is 5.89 Å². The number of ether oxygens (including phenoxy) is 1. The van der Waals surface area contributed by atoms with E-state index in [1.165, 1.54) is 0 Å². The summed E-state index contributed by atoms with van der Waals surface area (Å²) < 4.78 is 10.4. The quantitative estimate of drug-likeness (QED) is 0.871. The molecule has 7 heteroatoms. The number of nitrogens with zero attached hydrogens (tertiary/aromatic N) is 2. The number of amides is 1. The van der Waals surface area contributed by atoms with Gasteiger partial charge in [-0.1, -0.05) is 11.2 Å². The van der Waals surface area contributed by atoms with Crippen molar-refractivity contribution in [2.24, 2.45) is 0 Å². The fourth-order valence-electron chi connectivity index (χ4n) is 2.02. The summed E-state index contributed by atoms with van der Waals surface area (Å²) in [6, 6.07) is 5.42. The number of aryl methyl sites for hydroxylation is 1. The Balaban J connectivity index is 1.74. The number of nitrogens with one attached hydrogen (secondary N) is 2. The molecule has 0 spiro atoms. The number of para-hydroxylation sites is 1. The normalized spacial score (nSPS) is 13.1. The SMILES string of the molecule is Cc1nc(CNC(=O)c2cccc3c2OCCN3)no1. The molecule has 1 amide bonds. The van der Waals surface area contributed by atoms with Gasteiger partial charge in [-0.25, -0.2) is 0 Å². The van der Waals surface area contributed by atoms with Gasteiger partial charge >= 0.3 is 0 Å². The molecule has 0 unspecified atom stereocenters. The average molecular weight is 274 g/mol. The van der Waals surface area contributed by atoms with Crippen LogP contribution in [0, 0.1) is 6.92 Å². The second kappa shape index (κ2) is 5.20. The monoisotopic (exact) mass is 274 g/mol. The van der Waals surface area contributed by atoms with Crippen LogP contribution in [0.3, 0.4) is 0 Å². The van der Waals surface area contributed by atoms with Gasteiger partial charge in [0.15, 0.2) is 11.6 Å². The highest BCUT2D eigenvalue weighted by Gasteiger charge is 2.19. The van der Waals surface area contributed by atoms with E-state index in [-0.39, 0.29) is 12.5 Å². The summed E-state index contributed by atoms with van der Waals surface area (Å²) in [5.41, 5.74) is 1.33. The molecule has 0 atom stereocenters. The Morgan fingerprint density at radius 3 is 3.20 bits per heavy atom. The van der Waals surface area contributed by atoms with Crippen LogP contribution in [0.1, 0.15) is 22.1 Å². The number of carbonyl (C=O) groups excluding carboxylic acids is 1. The summed E-state index contributed by atoms with van der Waals surface area (Å²) in [6.45, 7) is 3.19. The summed E-state index contributed by atoms with van der Waals surface area (Å²) in [5.74, 6) is 1.27. The molecule has 0 aliphatic carbocycles. The van der Waals surface area contributed by atoms with Crippen LogP contribution < -0.4 is 15.4 Å². The van der Waals surface area contributed by atoms with Crippen molar-refractivity contribution in [3.63, 3.8) is 0 Å². The summed E-state index contributed by atoms with van der Waals surface area (Å²) in [5, 5.41) is 9.66. The van der Waals surface area contributed by atoms with E-state index in [0.29, 0.717) is 29.6 Å². The van der Waals surface area contributed by atoms with Gasteiger partial charge in [-0.3, -0.25) is 4.79 Å². The molecule has 20 heavy (non-hydrogen) atoms. The zero-order valence-corrected chi connectivity index (χ0v) is 11.0. The van der Waals surface area contributed by atoms with E-state index in [1.54, 1.807) is 13.0 Å². The fourth-order valence-corrected chi connectivity index (χ4v) is 2.02. The highest BCUT2D eigenvalue weighted by molar-refractivity contribution is 5.98. The Labute approximate surface area is 115 Å². The first-order valence-electron chi connectivity index (χ1n) is 6.31. The number of anilines is 1. The van der Waals surface area contributed by atoms with Crippen molar-refractivity contribution in [3.8, 4) is 5.75 Å². The lowest BCUT2D eigenvalue weighted by atomic mass is 10.1. The molecule has 3 rings (SSSR count). The molecular weight excluding hydrogens is 260 g/mol. The van der Waals surface area contributed by atoms with E-state index in [9.17, 15) is 4.79 Å². The lowest BCUT2D eigenvalue weighted by Crippen LogP contribution is -2.26. The maximum absolute atomic E-state index is 12.2. The smallest absolute Gasteiger partial charge is 0.255 e. The molecule has 2 N–H and O–H groups in total. The average Bonchev–Trinajstić information content (AvgIpc) is 2.90. The first-order valence-corrected chi connectivity index (χ1v) is 6.31. The molecule has 2 heterocycles. The molecule has 104 valence electrons. The second-order valence-electron chi connectivity index (χ2n) is 4.37. The van der Waals surface area contributed by atoms with E-state index in [2.05, 4.69) is 20.8 Å². The number of aromatic nitrogens is 2. The topological polar surface area (TPSA) is 89.3 Å². The third kappa shape index (κ3) is 2.42. The second-order valence-corrected chi connectivity index (χ2v) is 4.37. The van der Waals surface area contributed by atoms with E-state index >= 15 is 0 Å². The third-order valence-corrected chi connectivity index (χ3v) is 2.90. The lowest BCUT2D eigenvalue weighted by molar-refractivity contribution is 0.0945. The number of carbonyl (C=O) groups is 1. The van der Waals surface area contributed by atoms with Crippen LogP contribution in [-0.2, 0) is 6.54 Å². The van der Waals surface area contributed by atoms with Crippen molar-refractivity contribution in [3.05, 3.63) is 35.5 Å². The van der Waals surface area contributed by atoms with Crippen molar-refractivity contribution < 1.29 is 14.1 Å². The van der Waals surface area contributed by atoms with E-state index in [1.807, 2.05) is 12.1 Å². The van der Waals surface area contributed by atoms with Gasteiger partial charge in [0.25, 0.3) is 5.91 Å². The molecular formula is C13H14N4O3. The molecule has 0 bridgehead atoms. The minimum atomic E-state index is -0.229. The molecule has 7 nitrogen and oxygen atoms in total. The molecule has 0 saturated heterocycles. The van der Waals surface area contributed by atoms with Crippen LogP contribution in [-0.4, -0.2) is 29.2 Å². The molecule has 1 aromatic heterocycles. The predicted molar refractivity (Wildman–Crippen MR) is 70.6 cm³/mol. The van der Waals surface area contributed by atoms with Crippen LogP contribution in [0.25, 0.3) is 0 Å². The number of benzene rings is 1. The zero-order chi connectivity index (χ0) is 13.9. The highest BCUT2D eigenvalue weighted by Crippen LogP contribution is 2.31. The first-order chi connectivity index (χ1) is 9.74. The molecule has 1 aromatic carbocycles. The van der Waals surface area contributed by atoms with Crippen LogP contribution in [0.4, 0.5) is 5.69 Å². The van der Waals surface area contributed by atoms with Gasteiger partial charge in [-0.15, -0.1) is 0 Å². The van der Waals surface area contributed by atoms with Gasteiger partial charge in [-0.05, 0) is 12.1 Å². The van der Waals surface area contributed by atoms with Crippen molar-refractivity contribution in [1.29, 1.82) is 0 Å². The molecule has 0 saturated carbocycles. The largest absolute Gasteiger partial charge is 0.489 e. The van der Waals surface area contributed by atoms with Crippen LogP contribution in [0.2, 0.25) is 0 Å². The number of hydrogen-bond donors (Lipinski definition) is 2. The zero-order valence-electron chi connectivity index (χ0n) is 11.0. The minimum Gasteiger partial charge on any atom is -0.489 e. The van der Waals surface area contributed by atoms with Crippen LogP contribution >= 0.6 is 0 Å². The molecule has 2 aromatic rings. The van der Waals surface area contributed by atoms with Crippen LogP contribution in [0.5, 0.6) is 5.75 Å². The third-order valence-electron chi connectivity index (χ3n) is 2.90. The molecule has 1 aliphatic heterocycles. The highest BCUT2D eigenvalue weighted by atomic mass is 16.5. The number of fused-ring (bicyclic) bond motifs is 1. The molecule has 0 fully saturated rings. The predicted octanol–water partition coefficient (Wildman–Crippen LogP) is 1.11. The van der Waals surface area contributed by atoms with Crippen molar-refractivity contribution >= 4 is 11.6 Å². The van der Waals surface area contributed by atoms with E-state index in [4.69, 9.17) is 9.26 Å². The van der Waals surface area contributed by atoms with Crippen LogP contribution in [0.15, 0.2) is 22.7 Å². The Bertz CT molecular complexity index is 638. The number of rotatable bonds is 3. The Kier molecular flexibility index (Phi) is 3.24. The van der Waals surface area contributed by atoms with E-state index in [0.717, 1.165) is 12.2 Å². The summed E-state index contributed by atoms with van der Waals surface area (Å²) >= 11 is 0. The van der Waals surface area contributed by atoms with Gasteiger partial charge < -0.3 is 19.9 Å². The van der Waals surface area contributed by atoms with Crippen molar-refractivity contribution in [2.75, 3.05) is 18.5 Å². The lowest BCUT2D eigenvalue weighted by Gasteiger charge is -2.21. The standard InChI is InChI=1S/C13H14N4O3/c1-8-16-11(17-20-8)7-15-13(18)9-3-2-4-10-12(9)19-6-5-14-10/h2-4,14H,5-7H2,1H3,(H,15,18). The maximum atomic E-state index is 12.2.